The van der Waals surface area contributed by atoms with Crippen LogP contribution >= 0.6 is 0 Å². The number of terminal acetylenes is 1. The minimum Gasteiger partial charge on any atom is -0.467 e. The van der Waals surface area contributed by atoms with E-state index in [1.54, 1.807) is 0 Å². The monoisotopic (exact) mass is 181 g/mol. The maximum absolute atomic E-state index is 12.0. The van der Waals surface area contributed by atoms with Gasteiger partial charge in [0.15, 0.2) is 0 Å². The van der Waals surface area contributed by atoms with Gasteiger partial charge in [-0.25, -0.2) is 4.79 Å². The van der Waals surface area contributed by atoms with Gasteiger partial charge in [0.1, 0.15) is 0 Å². The lowest BCUT2D eigenvalue weighted by molar-refractivity contribution is -0.191. The first-order valence-electron chi connectivity index (χ1n) is 2.71. The molecular weight excluding hydrogens is 175 g/mol. The molecule has 0 aliphatic rings. The Bertz CT molecular complexity index is 230. The minimum absolute atomic E-state index is 0.771. The van der Waals surface area contributed by atoms with Crippen molar-refractivity contribution in [3.63, 3.8) is 0 Å². The molecule has 0 bridgehead atoms. The fourth-order valence-electron chi connectivity index (χ4n) is 0.417. The molecule has 0 spiro atoms. The molecule has 12 heavy (non-hydrogen) atoms. The van der Waals surface area contributed by atoms with Gasteiger partial charge < -0.3 is 4.74 Å². The van der Waals surface area contributed by atoms with Crippen LogP contribution in [0.25, 0.3) is 0 Å². The highest BCUT2D eigenvalue weighted by atomic mass is 19.4. The molecular formula is C6H6F3NO2. The van der Waals surface area contributed by atoms with Crippen molar-refractivity contribution in [1.29, 1.82) is 0 Å². The summed E-state index contributed by atoms with van der Waals surface area (Å²) < 4.78 is 39.7. The average molecular weight is 181 g/mol. The molecule has 0 aromatic carbocycles. The van der Waals surface area contributed by atoms with Gasteiger partial charge in [0.2, 0.25) is 0 Å². The van der Waals surface area contributed by atoms with Crippen LogP contribution in [0.5, 0.6) is 0 Å². The van der Waals surface area contributed by atoms with Crippen LogP contribution in [0.15, 0.2) is 0 Å². The van der Waals surface area contributed by atoms with E-state index in [1.165, 1.54) is 0 Å². The molecule has 0 aliphatic heterocycles. The summed E-state index contributed by atoms with van der Waals surface area (Å²) in [5, 5.41) is 0. The van der Waals surface area contributed by atoms with Crippen LogP contribution in [0.1, 0.15) is 0 Å². The molecule has 0 fully saturated rings. The summed E-state index contributed by atoms with van der Waals surface area (Å²) in [7, 11) is 0.771. The third kappa shape index (κ3) is 1.51. The highest BCUT2D eigenvalue weighted by Crippen LogP contribution is 2.28. The molecule has 0 saturated heterocycles. The minimum atomic E-state index is -5.01. The molecule has 6 heteroatoms. The van der Waals surface area contributed by atoms with Gasteiger partial charge in [0, 0.05) is 0 Å². The molecule has 0 heterocycles. The fraction of sp³-hybridized carbons (Fsp3) is 0.500. The van der Waals surface area contributed by atoms with Crippen LogP contribution in [0.2, 0.25) is 0 Å². The largest absolute Gasteiger partial charge is 0.467 e. The Kier molecular flexibility index (Phi) is 2.72. The number of ether oxygens (including phenoxy) is 1. The van der Waals surface area contributed by atoms with Crippen LogP contribution < -0.4 is 5.73 Å². The summed E-state index contributed by atoms with van der Waals surface area (Å²) in [6.07, 6.45) is -0.531. The Morgan fingerprint density at radius 3 is 2.08 bits per heavy atom. The Balaban J connectivity index is 4.98. The summed E-state index contributed by atoms with van der Waals surface area (Å²) in [5.41, 5.74) is 1.25. The number of hydrogen-bond acceptors (Lipinski definition) is 3. The number of halogens is 3. The normalized spacial score (nSPS) is 16.0. The van der Waals surface area contributed by atoms with E-state index in [4.69, 9.17) is 0 Å². The fourth-order valence-corrected chi connectivity index (χ4v) is 0.417. The Morgan fingerprint density at radius 2 is 2.00 bits per heavy atom. The van der Waals surface area contributed by atoms with E-state index < -0.39 is 17.7 Å². The first-order chi connectivity index (χ1) is 5.29. The van der Waals surface area contributed by atoms with Crippen molar-refractivity contribution in [2.75, 3.05) is 7.11 Å². The Morgan fingerprint density at radius 1 is 1.58 bits per heavy atom. The molecule has 0 rings (SSSR count). The quantitative estimate of drug-likeness (QED) is 0.459. The maximum Gasteiger partial charge on any atom is 0.428 e. The average Bonchev–Trinajstić information content (AvgIpc) is 1.99. The zero-order valence-corrected chi connectivity index (χ0v) is 6.11. The summed E-state index contributed by atoms with van der Waals surface area (Å²) in [6, 6.07) is 0. The topological polar surface area (TPSA) is 52.3 Å². The number of carbonyl (C=O) groups excluding carboxylic acids is 1. The molecule has 0 unspecified atom stereocenters. The summed E-state index contributed by atoms with van der Waals surface area (Å²) in [6.45, 7) is 0. The molecule has 0 aromatic heterocycles. The predicted molar refractivity (Wildman–Crippen MR) is 33.8 cm³/mol. The molecule has 3 nitrogen and oxygen atoms in total. The van der Waals surface area contributed by atoms with Crippen molar-refractivity contribution in [1.82, 2.24) is 0 Å². The van der Waals surface area contributed by atoms with Gasteiger partial charge in [-0.3, -0.25) is 5.73 Å². The number of hydrogen-bond donors (Lipinski definition) is 1. The van der Waals surface area contributed by atoms with Crippen LogP contribution in [0, 0.1) is 12.3 Å². The van der Waals surface area contributed by atoms with Crippen molar-refractivity contribution in [3.05, 3.63) is 0 Å². The van der Waals surface area contributed by atoms with Gasteiger partial charge >= 0.3 is 12.1 Å². The van der Waals surface area contributed by atoms with E-state index in [9.17, 15) is 18.0 Å². The van der Waals surface area contributed by atoms with Crippen molar-refractivity contribution in [2.24, 2.45) is 5.73 Å². The zero-order chi connectivity index (χ0) is 9.99. The third-order valence-corrected chi connectivity index (χ3v) is 1.18. The molecule has 1 atom stereocenters. The molecule has 0 aliphatic carbocycles. The van der Waals surface area contributed by atoms with Crippen LogP contribution in [0.4, 0.5) is 13.2 Å². The highest BCUT2D eigenvalue weighted by molar-refractivity contribution is 5.85. The first-order valence-corrected chi connectivity index (χ1v) is 2.71. The van der Waals surface area contributed by atoms with E-state index in [0.717, 1.165) is 13.0 Å². The summed E-state index contributed by atoms with van der Waals surface area (Å²) in [5.74, 6) is -0.549. The van der Waals surface area contributed by atoms with Crippen molar-refractivity contribution < 1.29 is 22.7 Å². The molecule has 0 saturated carbocycles. The number of alkyl halides is 3. The van der Waals surface area contributed by atoms with E-state index >= 15 is 0 Å². The third-order valence-electron chi connectivity index (χ3n) is 1.18. The lowest BCUT2D eigenvalue weighted by Crippen LogP contribution is -2.59. The molecule has 0 aromatic rings. The van der Waals surface area contributed by atoms with E-state index in [1.807, 2.05) is 0 Å². The van der Waals surface area contributed by atoms with Crippen LogP contribution in [-0.2, 0) is 9.53 Å². The predicted octanol–water partition coefficient (Wildman–Crippen LogP) is 0.0524. The van der Waals surface area contributed by atoms with Crippen molar-refractivity contribution in [2.45, 2.75) is 11.7 Å². The lowest BCUT2D eigenvalue weighted by atomic mass is 10.0. The molecule has 0 radical (unpaired) electrons. The number of methoxy groups -OCH3 is 1. The highest BCUT2D eigenvalue weighted by Gasteiger charge is 2.58. The standard InChI is InChI=1S/C6H6F3NO2/c1-3-5(10,4(11)12-2)6(7,8)9/h1H,10H2,2H3/t5-/m1/s1. The zero-order valence-electron chi connectivity index (χ0n) is 6.11. The first kappa shape index (κ1) is 10.8. The molecule has 68 valence electrons. The number of carbonyl (C=O) groups is 1. The van der Waals surface area contributed by atoms with Gasteiger partial charge in [-0.05, 0) is 0 Å². The van der Waals surface area contributed by atoms with Crippen molar-refractivity contribution in [3.8, 4) is 12.3 Å². The second-order valence-electron chi connectivity index (χ2n) is 1.94. The second kappa shape index (κ2) is 3.03. The molecule has 0 amide bonds. The summed E-state index contributed by atoms with van der Waals surface area (Å²) in [4.78, 5) is 10.5. The smallest absolute Gasteiger partial charge is 0.428 e. The van der Waals surface area contributed by atoms with Crippen LogP contribution in [-0.4, -0.2) is 24.8 Å². The Hall–Kier alpha value is -1.22. The van der Waals surface area contributed by atoms with E-state index in [2.05, 4.69) is 16.9 Å². The lowest BCUT2D eigenvalue weighted by Gasteiger charge is -2.22. The van der Waals surface area contributed by atoms with Gasteiger partial charge in [-0.2, -0.15) is 13.2 Å². The number of esters is 1. The Labute approximate surface area is 66.7 Å². The maximum atomic E-state index is 12.0. The van der Waals surface area contributed by atoms with Gasteiger partial charge in [0.25, 0.3) is 5.54 Å². The number of nitrogens with two attached hydrogens (primary N) is 1. The van der Waals surface area contributed by atoms with Gasteiger partial charge in [0.05, 0.1) is 7.11 Å². The van der Waals surface area contributed by atoms with E-state index in [0.29, 0.717) is 0 Å². The van der Waals surface area contributed by atoms with Gasteiger partial charge in [-0.15, -0.1) is 6.42 Å². The van der Waals surface area contributed by atoms with Crippen LogP contribution in [0.3, 0.4) is 0 Å². The van der Waals surface area contributed by atoms with Gasteiger partial charge in [-0.1, -0.05) is 5.92 Å². The summed E-state index contributed by atoms with van der Waals surface area (Å²) >= 11 is 0. The van der Waals surface area contributed by atoms with Crippen molar-refractivity contribution >= 4 is 5.97 Å². The number of rotatable bonds is 1. The SMILES string of the molecule is C#C[C@@](N)(C(=O)OC)C(F)(F)F. The molecule has 2 N–H and O–H groups in total. The van der Waals surface area contributed by atoms with E-state index in [-0.39, 0.29) is 0 Å². The second-order valence-corrected chi connectivity index (χ2v) is 1.94.